The zero-order chi connectivity index (χ0) is 10.5. The van der Waals surface area contributed by atoms with Gasteiger partial charge in [-0.1, -0.05) is 20.8 Å². The average Bonchev–Trinajstić information content (AvgIpc) is 2.00. The summed E-state index contributed by atoms with van der Waals surface area (Å²) >= 11 is 0. The van der Waals surface area contributed by atoms with E-state index in [0.29, 0.717) is 6.42 Å². The van der Waals surface area contributed by atoms with Crippen LogP contribution < -0.4 is 4.72 Å². The minimum atomic E-state index is -3.89. The molecule has 82 valence electrons. The Kier molecular flexibility index (Phi) is 8.81. The predicted octanol–water partition coefficient (Wildman–Crippen LogP) is 0.274. The Morgan fingerprint density at radius 3 is 2.36 bits per heavy atom. The molecule has 0 aromatic carbocycles. The molecule has 0 rings (SSSR count). The van der Waals surface area contributed by atoms with Crippen LogP contribution in [0.2, 0.25) is 0 Å². The number of hydrogen-bond donors (Lipinski definition) is 1. The molecular formula is C7H17MgNO4S. The molecule has 0 saturated carbocycles. The van der Waals surface area contributed by atoms with Crippen LogP contribution in [0, 0.1) is 5.92 Å². The first-order valence-corrected chi connectivity index (χ1v) is 5.51. The van der Waals surface area contributed by atoms with E-state index >= 15 is 0 Å². The molecule has 14 heavy (non-hydrogen) atoms. The van der Waals surface area contributed by atoms with Crippen LogP contribution in [0.25, 0.3) is 0 Å². The van der Waals surface area contributed by atoms with Gasteiger partial charge in [0.25, 0.3) is 0 Å². The largest absolute Gasteiger partial charge is 2.00 e. The Hall–Kier alpha value is 0.146. The molecule has 0 fully saturated rings. The molecule has 0 aliphatic rings. The summed E-state index contributed by atoms with van der Waals surface area (Å²) in [5.74, 6) is -0.934. The van der Waals surface area contributed by atoms with Crippen molar-refractivity contribution in [2.75, 3.05) is 6.61 Å². The third kappa shape index (κ3) is 7.54. The number of carbonyl (C=O) groups excluding carboxylic acids is 1. The number of hydrogen-bond acceptors (Lipinski definition) is 4. The van der Waals surface area contributed by atoms with Gasteiger partial charge >= 0.3 is 33.4 Å². The van der Waals surface area contributed by atoms with Gasteiger partial charge in [0.05, 0.1) is 6.61 Å². The molecule has 0 radical (unpaired) electrons. The summed E-state index contributed by atoms with van der Waals surface area (Å²) in [6.45, 7) is 5.07. The van der Waals surface area contributed by atoms with Crippen molar-refractivity contribution in [1.82, 2.24) is 4.72 Å². The standard InChI is InChI=1S/C7H15NO4S.Mg.2H/c1-4-5-12-13(10,11)8-7(9)6(2)3;;;/h6H,4-5H2,1-3H3,(H,8,9);;;/q;+2;2*-1. The van der Waals surface area contributed by atoms with E-state index in [2.05, 4.69) is 4.18 Å². The van der Waals surface area contributed by atoms with Crippen molar-refractivity contribution >= 4 is 39.3 Å². The quantitative estimate of drug-likeness (QED) is 0.695. The maximum absolute atomic E-state index is 11.0. The molecule has 0 atom stereocenters. The molecule has 5 nitrogen and oxygen atoms in total. The molecule has 0 heterocycles. The predicted molar refractivity (Wildman–Crippen MR) is 56.1 cm³/mol. The maximum atomic E-state index is 11.0. The van der Waals surface area contributed by atoms with Crippen molar-refractivity contribution in [1.29, 1.82) is 0 Å². The molecule has 0 aromatic heterocycles. The molecule has 0 aromatic rings. The van der Waals surface area contributed by atoms with Crippen LogP contribution in [0.1, 0.15) is 30.0 Å². The van der Waals surface area contributed by atoms with Crippen LogP contribution in [0.3, 0.4) is 0 Å². The van der Waals surface area contributed by atoms with Gasteiger partial charge in [0.2, 0.25) is 5.91 Å². The van der Waals surface area contributed by atoms with E-state index in [1.165, 1.54) is 0 Å². The van der Waals surface area contributed by atoms with Crippen molar-refractivity contribution in [2.45, 2.75) is 27.2 Å². The van der Waals surface area contributed by atoms with E-state index < -0.39 is 16.2 Å². The monoisotopic (exact) mass is 235 g/mol. The third-order valence-electron chi connectivity index (χ3n) is 1.19. The van der Waals surface area contributed by atoms with Crippen LogP contribution >= 0.6 is 0 Å². The second-order valence-corrected chi connectivity index (χ2v) is 4.25. The van der Waals surface area contributed by atoms with Gasteiger partial charge in [-0.05, 0) is 6.42 Å². The average molecular weight is 236 g/mol. The normalized spacial score (nSPS) is 10.9. The number of rotatable bonds is 5. The Labute approximate surface area is 104 Å². The summed E-state index contributed by atoms with van der Waals surface area (Å²) in [5.41, 5.74) is 0. The first kappa shape index (κ1) is 16.6. The Bertz CT molecular complexity index is 272. The van der Waals surface area contributed by atoms with E-state index in [1.54, 1.807) is 25.5 Å². The molecule has 0 saturated heterocycles. The van der Waals surface area contributed by atoms with Gasteiger partial charge in [-0.15, -0.1) is 0 Å². The van der Waals surface area contributed by atoms with Crippen LogP contribution in [0.15, 0.2) is 0 Å². The third-order valence-corrected chi connectivity index (χ3v) is 2.12. The van der Waals surface area contributed by atoms with Gasteiger partial charge in [0.1, 0.15) is 0 Å². The summed E-state index contributed by atoms with van der Waals surface area (Å²) in [6, 6.07) is 0. The van der Waals surface area contributed by atoms with Crippen LogP contribution in [-0.4, -0.2) is 44.0 Å². The Morgan fingerprint density at radius 2 is 2.00 bits per heavy atom. The van der Waals surface area contributed by atoms with E-state index in [0.717, 1.165) is 0 Å². The van der Waals surface area contributed by atoms with E-state index in [1.807, 2.05) is 0 Å². The minimum absolute atomic E-state index is 0. The van der Waals surface area contributed by atoms with Gasteiger partial charge in [0.15, 0.2) is 0 Å². The van der Waals surface area contributed by atoms with Crippen LogP contribution in [-0.2, 0) is 19.3 Å². The van der Waals surface area contributed by atoms with E-state index in [-0.39, 0.29) is 38.4 Å². The van der Waals surface area contributed by atoms with E-state index in [9.17, 15) is 13.2 Å². The summed E-state index contributed by atoms with van der Waals surface area (Å²) < 4.78 is 28.1. The Balaban J connectivity index is -0.000000240. The minimum Gasteiger partial charge on any atom is -1.00 e. The van der Waals surface area contributed by atoms with Crippen molar-refractivity contribution in [3.63, 3.8) is 0 Å². The van der Waals surface area contributed by atoms with Gasteiger partial charge in [0, 0.05) is 5.92 Å². The summed E-state index contributed by atoms with van der Waals surface area (Å²) in [6.07, 6.45) is 0.580. The fraction of sp³-hybridized carbons (Fsp3) is 0.857. The Morgan fingerprint density at radius 1 is 1.50 bits per heavy atom. The molecule has 0 unspecified atom stereocenters. The van der Waals surface area contributed by atoms with Crippen LogP contribution in [0.5, 0.6) is 0 Å². The first-order valence-electron chi connectivity index (χ1n) is 4.10. The number of amides is 1. The summed E-state index contributed by atoms with van der Waals surface area (Å²) in [7, 11) is -3.89. The van der Waals surface area contributed by atoms with E-state index in [4.69, 9.17) is 0 Å². The molecule has 0 bridgehead atoms. The van der Waals surface area contributed by atoms with Gasteiger partial charge < -0.3 is 2.85 Å². The number of carbonyl (C=O) groups is 1. The zero-order valence-corrected chi connectivity index (χ0v) is 11.0. The molecule has 7 heteroatoms. The molecule has 1 amide bonds. The first-order chi connectivity index (χ1) is 5.89. The maximum Gasteiger partial charge on any atom is 2.00 e. The topological polar surface area (TPSA) is 72.5 Å². The molecule has 1 N–H and O–H groups in total. The van der Waals surface area contributed by atoms with Crippen LogP contribution in [0.4, 0.5) is 0 Å². The van der Waals surface area contributed by atoms with Crippen molar-refractivity contribution in [2.24, 2.45) is 5.92 Å². The molecular weight excluding hydrogens is 218 g/mol. The van der Waals surface area contributed by atoms with Gasteiger partial charge in [-0.2, -0.15) is 8.42 Å². The second kappa shape index (κ2) is 7.44. The van der Waals surface area contributed by atoms with Crippen molar-refractivity contribution in [3.8, 4) is 0 Å². The molecule has 0 aliphatic carbocycles. The van der Waals surface area contributed by atoms with Crippen molar-refractivity contribution < 1.29 is 20.2 Å². The molecule has 0 aliphatic heterocycles. The fourth-order valence-corrected chi connectivity index (χ4v) is 1.39. The smallest absolute Gasteiger partial charge is 1.00 e. The summed E-state index contributed by atoms with van der Waals surface area (Å²) in [5, 5.41) is 0. The number of nitrogens with one attached hydrogen (secondary N) is 1. The molecule has 0 spiro atoms. The van der Waals surface area contributed by atoms with Gasteiger partial charge in [-0.3, -0.25) is 8.98 Å². The summed E-state index contributed by atoms with van der Waals surface area (Å²) in [4.78, 5) is 11.0. The van der Waals surface area contributed by atoms with Crippen molar-refractivity contribution in [3.05, 3.63) is 0 Å². The second-order valence-electron chi connectivity index (χ2n) is 2.90. The SMILES string of the molecule is CCCOS(=O)(=O)NC(=O)C(C)C.[H-].[H-].[Mg+2]. The fourth-order valence-electron chi connectivity index (χ4n) is 0.464. The zero-order valence-electron chi connectivity index (χ0n) is 10.7. The van der Waals surface area contributed by atoms with Gasteiger partial charge in [-0.25, -0.2) is 4.72 Å².